The van der Waals surface area contributed by atoms with Gasteiger partial charge in [-0.05, 0) is 32.9 Å². The minimum Gasteiger partial charge on any atom is -0.364 e. The van der Waals surface area contributed by atoms with E-state index in [9.17, 15) is 4.79 Å². The Labute approximate surface area is 150 Å². The number of nitrogens with one attached hydrogen (secondary N) is 2. The maximum absolute atomic E-state index is 12.3. The summed E-state index contributed by atoms with van der Waals surface area (Å²) in [6, 6.07) is 9.10. The fourth-order valence-electron chi connectivity index (χ4n) is 3.00. The van der Waals surface area contributed by atoms with Gasteiger partial charge in [-0.25, -0.2) is 14.6 Å². The molecule has 0 saturated carbocycles. The zero-order chi connectivity index (χ0) is 18.3. The first-order valence-corrected chi connectivity index (χ1v) is 8.47. The van der Waals surface area contributed by atoms with Crippen molar-refractivity contribution in [3.05, 3.63) is 58.8 Å². The molecule has 0 aliphatic heterocycles. The Morgan fingerprint density at radius 2 is 1.96 bits per heavy atom. The third kappa shape index (κ3) is 2.81. The molecule has 0 amide bonds. The molecule has 0 aliphatic rings. The lowest BCUT2D eigenvalue weighted by molar-refractivity contribution is 0.366. The number of hydrogen-bond donors (Lipinski definition) is 2. The molecule has 1 aromatic carbocycles. The summed E-state index contributed by atoms with van der Waals surface area (Å²) in [6.07, 6.45) is 3.30. The van der Waals surface area contributed by atoms with Gasteiger partial charge in [0.1, 0.15) is 12.1 Å². The van der Waals surface area contributed by atoms with Gasteiger partial charge in [0, 0.05) is 22.7 Å². The van der Waals surface area contributed by atoms with Crippen LogP contribution >= 0.6 is 0 Å². The molecular weight excluding hydrogens is 328 g/mol. The zero-order valence-corrected chi connectivity index (χ0v) is 14.9. The largest absolute Gasteiger partial charge is 0.364 e. The lowest BCUT2D eigenvalue weighted by Gasteiger charge is -2.19. The van der Waals surface area contributed by atoms with E-state index >= 15 is 0 Å². The zero-order valence-electron chi connectivity index (χ0n) is 14.9. The van der Waals surface area contributed by atoms with Crippen molar-refractivity contribution in [1.82, 2.24) is 24.7 Å². The highest BCUT2D eigenvalue weighted by atomic mass is 16.1. The van der Waals surface area contributed by atoms with Gasteiger partial charge in [-0.1, -0.05) is 12.1 Å². The van der Waals surface area contributed by atoms with Gasteiger partial charge in [0.05, 0.1) is 23.7 Å². The SMILES string of the molecule is CC(C)(C)n1ncc2c(NCc3cc(=O)c4ccccc4[nH]3)ncnc21. The highest BCUT2D eigenvalue weighted by molar-refractivity contribution is 5.86. The molecule has 4 rings (SSSR count). The van der Waals surface area contributed by atoms with Crippen molar-refractivity contribution < 1.29 is 0 Å². The summed E-state index contributed by atoms with van der Waals surface area (Å²) in [5, 5.41) is 9.28. The van der Waals surface area contributed by atoms with Crippen molar-refractivity contribution in [3.63, 3.8) is 0 Å². The molecule has 26 heavy (non-hydrogen) atoms. The number of anilines is 1. The number of fused-ring (bicyclic) bond motifs is 2. The third-order valence-corrected chi connectivity index (χ3v) is 4.24. The van der Waals surface area contributed by atoms with Gasteiger partial charge in [-0.2, -0.15) is 5.10 Å². The number of pyridine rings is 1. The quantitative estimate of drug-likeness (QED) is 0.594. The second-order valence-corrected chi connectivity index (χ2v) is 7.24. The van der Waals surface area contributed by atoms with Crippen LogP contribution in [0, 0.1) is 0 Å². The Bertz CT molecular complexity index is 1150. The molecule has 4 aromatic rings. The van der Waals surface area contributed by atoms with Gasteiger partial charge in [0.15, 0.2) is 11.1 Å². The van der Waals surface area contributed by atoms with E-state index < -0.39 is 0 Å². The maximum Gasteiger partial charge on any atom is 0.189 e. The smallest absolute Gasteiger partial charge is 0.189 e. The molecule has 0 unspecified atom stereocenters. The predicted molar refractivity (Wildman–Crippen MR) is 102 cm³/mol. The molecule has 0 fully saturated rings. The van der Waals surface area contributed by atoms with E-state index in [1.54, 1.807) is 12.3 Å². The fourth-order valence-corrected chi connectivity index (χ4v) is 3.00. The van der Waals surface area contributed by atoms with Crippen molar-refractivity contribution in [2.75, 3.05) is 5.32 Å². The van der Waals surface area contributed by atoms with Crippen molar-refractivity contribution in [2.45, 2.75) is 32.9 Å². The van der Waals surface area contributed by atoms with E-state index in [-0.39, 0.29) is 11.0 Å². The van der Waals surface area contributed by atoms with Crippen LogP contribution < -0.4 is 10.7 Å². The lowest BCUT2D eigenvalue weighted by atomic mass is 10.1. The fraction of sp³-hybridized carbons (Fsp3) is 0.263. The number of benzene rings is 1. The van der Waals surface area contributed by atoms with E-state index in [0.29, 0.717) is 17.7 Å². The number of hydrogen-bond acceptors (Lipinski definition) is 5. The Balaban J connectivity index is 1.67. The summed E-state index contributed by atoms with van der Waals surface area (Å²) in [5.74, 6) is 0.694. The molecule has 7 nitrogen and oxygen atoms in total. The van der Waals surface area contributed by atoms with E-state index in [1.165, 1.54) is 6.33 Å². The molecule has 0 aliphatic carbocycles. The van der Waals surface area contributed by atoms with Gasteiger partial charge >= 0.3 is 0 Å². The molecule has 132 valence electrons. The predicted octanol–water partition coefficient (Wildman–Crippen LogP) is 3.03. The van der Waals surface area contributed by atoms with Gasteiger partial charge in [-0.15, -0.1) is 0 Å². The van der Waals surface area contributed by atoms with E-state index in [4.69, 9.17) is 0 Å². The Morgan fingerprint density at radius 3 is 2.77 bits per heavy atom. The number of nitrogens with zero attached hydrogens (tertiary/aromatic N) is 4. The average molecular weight is 348 g/mol. The van der Waals surface area contributed by atoms with Crippen molar-refractivity contribution >= 4 is 27.8 Å². The van der Waals surface area contributed by atoms with Crippen molar-refractivity contribution in [1.29, 1.82) is 0 Å². The van der Waals surface area contributed by atoms with Crippen LogP contribution in [-0.4, -0.2) is 24.7 Å². The van der Waals surface area contributed by atoms with Crippen LogP contribution in [0.15, 0.2) is 47.7 Å². The Morgan fingerprint density at radius 1 is 1.15 bits per heavy atom. The van der Waals surface area contributed by atoms with Gasteiger partial charge in [-0.3, -0.25) is 4.79 Å². The molecule has 3 aromatic heterocycles. The summed E-state index contributed by atoms with van der Waals surface area (Å²) < 4.78 is 1.88. The summed E-state index contributed by atoms with van der Waals surface area (Å²) in [5.41, 5.74) is 2.23. The monoisotopic (exact) mass is 348 g/mol. The molecular formula is C19H20N6O. The van der Waals surface area contributed by atoms with Crippen LogP contribution in [0.2, 0.25) is 0 Å². The topological polar surface area (TPSA) is 88.5 Å². The number of rotatable bonds is 3. The first-order chi connectivity index (χ1) is 12.4. The number of aromatic nitrogens is 5. The second kappa shape index (κ2) is 5.94. The maximum atomic E-state index is 12.3. The first kappa shape index (κ1) is 16.3. The van der Waals surface area contributed by atoms with Crippen LogP contribution in [0.4, 0.5) is 5.82 Å². The average Bonchev–Trinajstić information content (AvgIpc) is 3.05. The van der Waals surface area contributed by atoms with Gasteiger partial charge in [0.2, 0.25) is 0 Å². The van der Waals surface area contributed by atoms with Crippen LogP contribution in [0.25, 0.3) is 21.9 Å². The molecule has 0 bridgehead atoms. The molecule has 0 atom stereocenters. The Hall–Kier alpha value is -3.22. The van der Waals surface area contributed by atoms with Crippen molar-refractivity contribution in [3.8, 4) is 0 Å². The number of para-hydroxylation sites is 1. The third-order valence-electron chi connectivity index (χ3n) is 4.24. The highest BCUT2D eigenvalue weighted by Crippen LogP contribution is 2.24. The number of aromatic amines is 1. The van der Waals surface area contributed by atoms with Crippen LogP contribution in [0.5, 0.6) is 0 Å². The van der Waals surface area contributed by atoms with Crippen molar-refractivity contribution in [2.24, 2.45) is 0 Å². The minimum absolute atomic E-state index is 0.00420. The number of H-pyrrole nitrogens is 1. The van der Waals surface area contributed by atoms with Gasteiger partial charge in [0.25, 0.3) is 0 Å². The molecule has 0 spiro atoms. The summed E-state index contributed by atoms with van der Waals surface area (Å²) in [4.78, 5) is 24.2. The molecule has 3 heterocycles. The summed E-state index contributed by atoms with van der Waals surface area (Å²) in [6.45, 7) is 6.68. The highest BCUT2D eigenvalue weighted by Gasteiger charge is 2.19. The molecule has 7 heteroatoms. The normalized spacial score (nSPS) is 12.0. The molecule has 0 radical (unpaired) electrons. The van der Waals surface area contributed by atoms with E-state index in [0.717, 1.165) is 22.2 Å². The Kier molecular flexibility index (Phi) is 3.72. The van der Waals surface area contributed by atoms with Gasteiger partial charge < -0.3 is 10.3 Å². The van der Waals surface area contributed by atoms with E-state index in [1.807, 2.05) is 28.9 Å². The van der Waals surface area contributed by atoms with E-state index in [2.05, 4.69) is 46.1 Å². The van der Waals surface area contributed by atoms with Crippen LogP contribution in [-0.2, 0) is 12.1 Å². The lowest BCUT2D eigenvalue weighted by Crippen LogP contribution is -2.23. The summed E-state index contributed by atoms with van der Waals surface area (Å²) >= 11 is 0. The standard InChI is InChI=1S/C19H20N6O/c1-19(2,3)25-18-14(10-23-25)17(21-11-22-18)20-9-12-8-16(26)13-6-4-5-7-15(13)24-12/h4-8,10-11H,9H2,1-3H3,(H,24,26)(H,20,21,22). The molecule has 2 N–H and O–H groups in total. The second-order valence-electron chi connectivity index (χ2n) is 7.24. The minimum atomic E-state index is -0.170. The van der Waals surface area contributed by atoms with Crippen LogP contribution in [0.3, 0.4) is 0 Å². The van der Waals surface area contributed by atoms with Crippen LogP contribution in [0.1, 0.15) is 26.5 Å². The summed E-state index contributed by atoms with van der Waals surface area (Å²) in [7, 11) is 0. The molecule has 0 saturated heterocycles. The first-order valence-electron chi connectivity index (χ1n) is 8.47.